The van der Waals surface area contributed by atoms with E-state index < -0.39 is 23.5 Å². The van der Waals surface area contributed by atoms with Crippen molar-refractivity contribution in [2.45, 2.75) is 26.4 Å². The molecule has 6 nitrogen and oxygen atoms in total. The maximum absolute atomic E-state index is 13.4. The maximum atomic E-state index is 13.4. The highest BCUT2D eigenvalue weighted by atomic mass is 35.5. The van der Waals surface area contributed by atoms with E-state index in [1.165, 1.54) is 22.5 Å². The molecule has 0 saturated carbocycles. The van der Waals surface area contributed by atoms with Crippen LogP contribution in [0, 0.1) is 13.8 Å². The van der Waals surface area contributed by atoms with Crippen LogP contribution in [0.5, 0.6) is 0 Å². The minimum absolute atomic E-state index is 0.0376. The number of benzene rings is 1. The largest absolute Gasteiger partial charge is 0.503 e. The maximum Gasteiger partial charge on any atom is 0.290 e. The Morgan fingerprint density at radius 1 is 1.28 bits per heavy atom. The number of aryl methyl sites for hydroxylation is 2. The zero-order valence-corrected chi connectivity index (χ0v) is 17.3. The SMILES string of the molecule is Cc1nc(C)c(C(=O)C2=C(O)C(=O)N(Cc3ccco3)C2c2ccc(Cl)cc2)s1. The number of rotatable bonds is 5. The van der Waals surface area contributed by atoms with Crippen molar-refractivity contribution in [3.8, 4) is 0 Å². The van der Waals surface area contributed by atoms with E-state index in [0.717, 1.165) is 5.01 Å². The Hall–Kier alpha value is -2.90. The predicted molar refractivity (Wildman–Crippen MR) is 109 cm³/mol. The van der Waals surface area contributed by atoms with Crippen LogP contribution in [-0.2, 0) is 11.3 Å². The van der Waals surface area contributed by atoms with Crippen molar-refractivity contribution < 1.29 is 19.1 Å². The molecule has 4 rings (SSSR count). The van der Waals surface area contributed by atoms with Gasteiger partial charge in [0.15, 0.2) is 5.76 Å². The Morgan fingerprint density at radius 2 is 2.00 bits per heavy atom. The predicted octanol–water partition coefficient (Wildman–Crippen LogP) is 4.78. The van der Waals surface area contributed by atoms with Crippen LogP contribution in [0.1, 0.15) is 37.7 Å². The van der Waals surface area contributed by atoms with E-state index in [1.807, 2.05) is 6.92 Å². The Bertz CT molecular complexity index is 1120. The average molecular weight is 429 g/mol. The van der Waals surface area contributed by atoms with Crippen LogP contribution in [0.3, 0.4) is 0 Å². The highest BCUT2D eigenvalue weighted by Crippen LogP contribution is 2.41. The number of aliphatic hydroxyl groups is 1. The normalized spacial score (nSPS) is 16.7. The van der Waals surface area contributed by atoms with Gasteiger partial charge in [-0.2, -0.15) is 0 Å². The van der Waals surface area contributed by atoms with Crippen molar-refractivity contribution in [1.82, 2.24) is 9.88 Å². The third-order valence-electron chi connectivity index (χ3n) is 4.75. The number of hydrogen-bond acceptors (Lipinski definition) is 6. The van der Waals surface area contributed by atoms with E-state index in [9.17, 15) is 14.7 Å². The van der Waals surface area contributed by atoms with Crippen LogP contribution in [0.4, 0.5) is 0 Å². The molecule has 1 aliphatic heterocycles. The molecule has 2 aromatic heterocycles. The quantitative estimate of drug-likeness (QED) is 0.591. The van der Waals surface area contributed by atoms with Crippen molar-refractivity contribution in [2.75, 3.05) is 0 Å². The second-order valence-corrected chi connectivity index (χ2v) is 8.34. The summed E-state index contributed by atoms with van der Waals surface area (Å²) in [4.78, 5) is 32.4. The van der Waals surface area contributed by atoms with Crippen LogP contribution in [0.2, 0.25) is 5.02 Å². The molecular formula is C21H17ClN2O4S. The lowest BCUT2D eigenvalue weighted by Gasteiger charge is -2.26. The molecule has 148 valence electrons. The summed E-state index contributed by atoms with van der Waals surface area (Å²) < 4.78 is 5.38. The molecule has 29 heavy (non-hydrogen) atoms. The number of hydrogen-bond donors (Lipinski definition) is 1. The standard InChI is InChI=1S/C21H17ClN2O4S/c1-11-20(29-12(2)23-11)18(25)16-17(13-5-7-14(22)8-6-13)24(21(27)19(16)26)10-15-4-3-9-28-15/h3-9,17,26H,10H2,1-2H3. The molecule has 1 N–H and O–H groups in total. The molecule has 0 fully saturated rings. The number of furan rings is 1. The van der Waals surface area contributed by atoms with Gasteiger partial charge in [-0.1, -0.05) is 23.7 Å². The van der Waals surface area contributed by atoms with Gasteiger partial charge in [-0.05, 0) is 43.7 Å². The lowest BCUT2D eigenvalue weighted by Crippen LogP contribution is -2.30. The molecule has 3 heterocycles. The number of amides is 1. The van der Waals surface area contributed by atoms with Gasteiger partial charge in [0.25, 0.3) is 5.91 Å². The highest BCUT2D eigenvalue weighted by Gasteiger charge is 2.44. The smallest absolute Gasteiger partial charge is 0.290 e. The molecule has 1 atom stereocenters. The van der Waals surface area contributed by atoms with Crippen molar-refractivity contribution in [3.63, 3.8) is 0 Å². The summed E-state index contributed by atoms with van der Waals surface area (Å²) in [6, 6.07) is 9.55. The molecular weight excluding hydrogens is 412 g/mol. The zero-order chi connectivity index (χ0) is 20.7. The third-order valence-corrected chi connectivity index (χ3v) is 6.07. The highest BCUT2D eigenvalue weighted by molar-refractivity contribution is 7.14. The minimum atomic E-state index is -0.765. The first-order chi connectivity index (χ1) is 13.9. The van der Waals surface area contributed by atoms with Gasteiger partial charge >= 0.3 is 0 Å². The van der Waals surface area contributed by atoms with E-state index in [1.54, 1.807) is 43.3 Å². The molecule has 0 aliphatic carbocycles. The van der Waals surface area contributed by atoms with Crippen molar-refractivity contribution in [2.24, 2.45) is 0 Å². The Balaban J connectivity index is 1.82. The number of halogens is 1. The van der Waals surface area contributed by atoms with E-state index in [4.69, 9.17) is 16.0 Å². The Morgan fingerprint density at radius 3 is 2.59 bits per heavy atom. The van der Waals surface area contributed by atoms with Crippen LogP contribution in [0.15, 0.2) is 58.4 Å². The lowest BCUT2D eigenvalue weighted by atomic mass is 9.95. The summed E-state index contributed by atoms with van der Waals surface area (Å²) in [7, 11) is 0. The number of aliphatic hydroxyl groups excluding tert-OH is 1. The van der Waals surface area contributed by atoms with E-state index in [-0.39, 0.29) is 12.1 Å². The third kappa shape index (κ3) is 3.47. The van der Waals surface area contributed by atoms with Crippen LogP contribution in [-0.4, -0.2) is 26.7 Å². The molecule has 0 bridgehead atoms. The molecule has 8 heteroatoms. The van der Waals surface area contributed by atoms with Gasteiger partial charge in [0.1, 0.15) is 5.76 Å². The molecule has 1 unspecified atom stereocenters. The summed E-state index contributed by atoms with van der Waals surface area (Å²) in [5, 5.41) is 11.9. The van der Waals surface area contributed by atoms with Crippen LogP contribution >= 0.6 is 22.9 Å². The van der Waals surface area contributed by atoms with Gasteiger partial charge < -0.3 is 14.4 Å². The van der Waals surface area contributed by atoms with E-state index in [0.29, 0.717) is 26.9 Å². The fraction of sp³-hybridized carbons (Fsp3) is 0.190. The molecule has 1 aliphatic rings. The van der Waals surface area contributed by atoms with Gasteiger partial charge in [-0.15, -0.1) is 11.3 Å². The number of aromatic nitrogens is 1. The summed E-state index contributed by atoms with van der Waals surface area (Å²) in [6.07, 6.45) is 1.51. The molecule has 1 aromatic carbocycles. The van der Waals surface area contributed by atoms with E-state index >= 15 is 0 Å². The van der Waals surface area contributed by atoms with Crippen molar-refractivity contribution in [1.29, 1.82) is 0 Å². The van der Waals surface area contributed by atoms with Crippen molar-refractivity contribution >= 4 is 34.6 Å². The summed E-state index contributed by atoms with van der Waals surface area (Å²) in [5.41, 5.74) is 1.28. The molecule has 3 aromatic rings. The monoisotopic (exact) mass is 428 g/mol. The number of carbonyl (C=O) groups is 2. The van der Waals surface area contributed by atoms with Crippen molar-refractivity contribution in [3.05, 3.63) is 85.9 Å². The Labute approximate surface area is 176 Å². The zero-order valence-electron chi connectivity index (χ0n) is 15.7. The summed E-state index contributed by atoms with van der Waals surface area (Å²) in [6.45, 7) is 3.66. The van der Waals surface area contributed by atoms with Gasteiger partial charge in [0, 0.05) is 5.02 Å². The molecule has 0 radical (unpaired) electrons. The number of ketones is 1. The van der Waals surface area contributed by atoms with Crippen LogP contribution in [0.25, 0.3) is 0 Å². The first-order valence-corrected chi connectivity index (χ1v) is 10.1. The fourth-order valence-electron chi connectivity index (χ4n) is 3.48. The molecule has 0 saturated heterocycles. The molecule has 0 spiro atoms. The topological polar surface area (TPSA) is 83.6 Å². The van der Waals surface area contributed by atoms with Gasteiger partial charge in [0.05, 0.1) is 40.0 Å². The average Bonchev–Trinajstić information content (AvgIpc) is 3.38. The summed E-state index contributed by atoms with van der Waals surface area (Å²) in [5.74, 6) is -1.03. The minimum Gasteiger partial charge on any atom is -0.503 e. The van der Waals surface area contributed by atoms with Gasteiger partial charge in [-0.3, -0.25) is 9.59 Å². The summed E-state index contributed by atoms with van der Waals surface area (Å²) >= 11 is 7.26. The van der Waals surface area contributed by atoms with Gasteiger partial charge in [0.2, 0.25) is 5.78 Å². The van der Waals surface area contributed by atoms with Gasteiger partial charge in [-0.25, -0.2) is 4.98 Å². The fourth-order valence-corrected chi connectivity index (χ4v) is 4.48. The number of nitrogens with zero attached hydrogens (tertiary/aromatic N) is 2. The first kappa shape index (κ1) is 19.4. The lowest BCUT2D eigenvalue weighted by molar-refractivity contribution is -0.130. The number of Topliss-reactive ketones (excluding diaryl/α,β-unsaturated/α-hetero) is 1. The molecule has 1 amide bonds. The second-order valence-electron chi connectivity index (χ2n) is 6.71. The van der Waals surface area contributed by atoms with Crippen LogP contribution < -0.4 is 0 Å². The number of carbonyl (C=O) groups excluding carboxylic acids is 2. The van der Waals surface area contributed by atoms with E-state index in [2.05, 4.69) is 4.98 Å². The Kier molecular flexibility index (Phi) is 5.02. The number of thiazole rings is 1. The second kappa shape index (κ2) is 7.50. The first-order valence-electron chi connectivity index (χ1n) is 8.87.